The second-order valence-corrected chi connectivity index (χ2v) is 5.70. The molecule has 1 aliphatic heterocycles. The lowest BCUT2D eigenvalue weighted by atomic mass is 9.99. The summed E-state index contributed by atoms with van der Waals surface area (Å²) < 4.78 is 0. The number of amides is 1. The third kappa shape index (κ3) is 4.32. The van der Waals surface area contributed by atoms with Crippen molar-refractivity contribution in [1.82, 2.24) is 10.2 Å². The molecule has 1 aliphatic rings. The molecule has 20 heavy (non-hydrogen) atoms. The Kier molecular flexibility index (Phi) is 5.56. The molecule has 4 heteroatoms. The molecule has 110 valence electrons. The molecule has 0 saturated carbocycles. The van der Waals surface area contributed by atoms with Crippen molar-refractivity contribution in [3.8, 4) is 0 Å². The van der Waals surface area contributed by atoms with Gasteiger partial charge in [0.2, 0.25) is 0 Å². The van der Waals surface area contributed by atoms with Gasteiger partial charge in [0.15, 0.2) is 0 Å². The molecule has 0 bridgehead atoms. The fourth-order valence-electron chi connectivity index (χ4n) is 2.53. The number of rotatable bonds is 5. The zero-order valence-electron chi connectivity index (χ0n) is 12.3. The van der Waals surface area contributed by atoms with Gasteiger partial charge < -0.3 is 11.1 Å². The van der Waals surface area contributed by atoms with Crippen molar-refractivity contribution >= 4 is 5.91 Å². The monoisotopic (exact) mass is 275 g/mol. The van der Waals surface area contributed by atoms with E-state index in [0.717, 1.165) is 12.5 Å². The lowest BCUT2D eigenvalue weighted by Gasteiger charge is -2.30. The smallest absolute Gasteiger partial charge is 0.251 e. The maximum absolute atomic E-state index is 11.8. The van der Waals surface area contributed by atoms with Gasteiger partial charge in [-0.25, -0.2) is 0 Å². The summed E-state index contributed by atoms with van der Waals surface area (Å²) in [5.74, 6) is 0.814. The molecule has 3 N–H and O–H groups in total. The number of carbonyl (C=O) groups excluding carboxylic acids is 1. The van der Waals surface area contributed by atoms with Crippen LogP contribution in [0.15, 0.2) is 24.3 Å². The fourth-order valence-corrected chi connectivity index (χ4v) is 2.53. The second-order valence-electron chi connectivity index (χ2n) is 5.70. The van der Waals surface area contributed by atoms with Gasteiger partial charge in [-0.15, -0.1) is 0 Å². The van der Waals surface area contributed by atoms with Gasteiger partial charge in [-0.3, -0.25) is 9.69 Å². The summed E-state index contributed by atoms with van der Waals surface area (Å²) in [6.07, 6.45) is 2.58. The van der Waals surface area contributed by atoms with E-state index < -0.39 is 0 Å². The Balaban J connectivity index is 1.86. The molecular weight excluding hydrogens is 250 g/mol. The molecule has 0 spiro atoms. The van der Waals surface area contributed by atoms with E-state index in [4.69, 9.17) is 5.73 Å². The van der Waals surface area contributed by atoms with Crippen molar-refractivity contribution in [1.29, 1.82) is 0 Å². The Morgan fingerprint density at radius 2 is 1.95 bits per heavy atom. The number of likely N-dealkylation sites (tertiary alicyclic amines) is 1. The van der Waals surface area contributed by atoms with Crippen LogP contribution >= 0.6 is 0 Å². The van der Waals surface area contributed by atoms with Gasteiger partial charge in [-0.2, -0.15) is 0 Å². The van der Waals surface area contributed by atoms with Gasteiger partial charge >= 0.3 is 0 Å². The largest absolute Gasteiger partial charge is 0.351 e. The molecule has 4 nitrogen and oxygen atoms in total. The molecule has 0 radical (unpaired) electrons. The normalized spacial score (nSPS) is 17.1. The lowest BCUT2D eigenvalue weighted by Crippen LogP contribution is -2.32. The van der Waals surface area contributed by atoms with Crippen LogP contribution in [-0.4, -0.2) is 37.0 Å². The number of piperidine rings is 1. The van der Waals surface area contributed by atoms with Crippen LogP contribution < -0.4 is 11.1 Å². The van der Waals surface area contributed by atoms with Crippen molar-refractivity contribution < 1.29 is 4.79 Å². The van der Waals surface area contributed by atoms with Crippen LogP contribution in [0.2, 0.25) is 0 Å². The standard InChI is InChI=1S/C16H25N3O/c1-13-6-10-19(11-7-13)12-14-2-4-15(5-3-14)16(20)18-9-8-17/h2-5,13H,6-12,17H2,1H3,(H,18,20). The number of carbonyl (C=O) groups is 1. The summed E-state index contributed by atoms with van der Waals surface area (Å²) in [5, 5.41) is 2.78. The van der Waals surface area contributed by atoms with Crippen molar-refractivity contribution in [2.75, 3.05) is 26.2 Å². The molecule has 1 amide bonds. The van der Waals surface area contributed by atoms with Crippen molar-refractivity contribution in [3.05, 3.63) is 35.4 Å². The van der Waals surface area contributed by atoms with E-state index >= 15 is 0 Å². The van der Waals surface area contributed by atoms with Crippen LogP contribution in [0.25, 0.3) is 0 Å². The molecule has 1 fully saturated rings. The number of nitrogens with two attached hydrogens (primary N) is 1. The van der Waals surface area contributed by atoms with E-state index in [9.17, 15) is 4.79 Å². The molecule has 1 saturated heterocycles. The molecule has 1 aromatic rings. The highest BCUT2D eigenvalue weighted by molar-refractivity contribution is 5.94. The minimum absolute atomic E-state index is 0.0474. The first-order valence-electron chi connectivity index (χ1n) is 7.48. The zero-order chi connectivity index (χ0) is 14.4. The fraction of sp³-hybridized carbons (Fsp3) is 0.562. The van der Waals surface area contributed by atoms with Gasteiger partial charge in [0.05, 0.1) is 0 Å². The molecule has 1 aromatic carbocycles. The first-order chi connectivity index (χ1) is 9.69. The number of benzene rings is 1. The van der Waals surface area contributed by atoms with Crippen LogP contribution in [-0.2, 0) is 6.54 Å². The number of hydrogen-bond donors (Lipinski definition) is 2. The van der Waals surface area contributed by atoms with E-state index in [1.807, 2.05) is 12.1 Å². The SMILES string of the molecule is CC1CCN(Cc2ccc(C(=O)NCCN)cc2)CC1. The van der Waals surface area contributed by atoms with Crippen LogP contribution in [0.4, 0.5) is 0 Å². The third-order valence-corrected chi connectivity index (χ3v) is 3.93. The summed E-state index contributed by atoms with van der Waals surface area (Å²) in [6.45, 7) is 6.66. The van der Waals surface area contributed by atoms with E-state index in [1.165, 1.54) is 31.5 Å². The summed E-state index contributed by atoms with van der Waals surface area (Å²) in [4.78, 5) is 14.3. The Bertz CT molecular complexity index is 422. The van der Waals surface area contributed by atoms with E-state index in [-0.39, 0.29) is 5.91 Å². The third-order valence-electron chi connectivity index (χ3n) is 3.93. The first-order valence-corrected chi connectivity index (χ1v) is 7.48. The Morgan fingerprint density at radius 1 is 1.30 bits per heavy atom. The van der Waals surface area contributed by atoms with E-state index in [0.29, 0.717) is 18.7 Å². The Hall–Kier alpha value is -1.39. The number of hydrogen-bond acceptors (Lipinski definition) is 3. The van der Waals surface area contributed by atoms with Crippen molar-refractivity contribution in [3.63, 3.8) is 0 Å². The highest BCUT2D eigenvalue weighted by atomic mass is 16.1. The summed E-state index contributed by atoms with van der Waals surface area (Å²) in [5.41, 5.74) is 7.35. The minimum Gasteiger partial charge on any atom is -0.351 e. The first kappa shape index (κ1) is 15.0. The maximum atomic E-state index is 11.8. The van der Waals surface area contributed by atoms with Crippen LogP contribution in [0.3, 0.4) is 0 Å². The molecule has 0 aromatic heterocycles. The van der Waals surface area contributed by atoms with Gasteiger partial charge in [-0.05, 0) is 49.5 Å². The van der Waals surface area contributed by atoms with Gasteiger partial charge in [-0.1, -0.05) is 19.1 Å². The molecule has 0 atom stereocenters. The summed E-state index contributed by atoms with van der Waals surface area (Å²) in [7, 11) is 0. The predicted octanol–water partition coefficient (Wildman–Crippen LogP) is 1.61. The van der Waals surface area contributed by atoms with Gasteiger partial charge in [0.1, 0.15) is 0 Å². The highest BCUT2D eigenvalue weighted by Crippen LogP contribution is 2.18. The summed E-state index contributed by atoms with van der Waals surface area (Å²) in [6, 6.07) is 7.90. The van der Waals surface area contributed by atoms with Crippen LogP contribution in [0, 0.1) is 5.92 Å². The zero-order valence-corrected chi connectivity index (χ0v) is 12.3. The van der Waals surface area contributed by atoms with E-state index in [2.05, 4.69) is 29.3 Å². The number of nitrogens with zero attached hydrogens (tertiary/aromatic N) is 1. The molecule has 0 aliphatic carbocycles. The lowest BCUT2D eigenvalue weighted by molar-refractivity contribution is 0.0954. The maximum Gasteiger partial charge on any atom is 0.251 e. The van der Waals surface area contributed by atoms with Crippen molar-refractivity contribution in [2.45, 2.75) is 26.3 Å². The number of nitrogens with one attached hydrogen (secondary N) is 1. The predicted molar refractivity (Wildman–Crippen MR) is 81.5 cm³/mol. The molecule has 1 heterocycles. The summed E-state index contributed by atoms with van der Waals surface area (Å²) >= 11 is 0. The average Bonchev–Trinajstić information content (AvgIpc) is 2.48. The van der Waals surface area contributed by atoms with Gasteiger partial charge in [0, 0.05) is 25.2 Å². The second kappa shape index (κ2) is 7.41. The van der Waals surface area contributed by atoms with Crippen LogP contribution in [0.5, 0.6) is 0 Å². The molecule has 0 unspecified atom stereocenters. The Morgan fingerprint density at radius 3 is 2.55 bits per heavy atom. The average molecular weight is 275 g/mol. The van der Waals surface area contributed by atoms with Crippen molar-refractivity contribution in [2.24, 2.45) is 11.7 Å². The quantitative estimate of drug-likeness (QED) is 0.858. The molecule has 2 rings (SSSR count). The Labute approximate surface area is 121 Å². The van der Waals surface area contributed by atoms with Crippen LogP contribution in [0.1, 0.15) is 35.7 Å². The topological polar surface area (TPSA) is 58.4 Å². The molecular formula is C16H25N3O. The van der Waals surface area contributed by atoms with E-state index in [1.54, 1.807) is 0 Å². The minimum atomic E-state index is -0.0474. The highest BCUT2D eigenvalue weighted by Gasteiger charge is 2.15. The van der Waals surface area contributed by atoms with Gasteiger partial charge in [0.25, 0.3) is 5.91 Å².